The minimum absolute atomic E-state index is 0.0224. The standard InChI is InChI=1S/C20H22O2/c1-3-18(15-22-14-17-10-6-4-7-11-17)20(21)16(2)19-12-8-5-9-13-19/h4-13,16,20-21H,1,14-15H2,2H3. The van der Waals surface area contributed by atoms with Gasteiger partial charge in [0.15, 0.2) is 0 Å². The van der Waals surface area contributed by atoms with Crippen LogP contribution in [0.5, 0.6) is 0 Å². The minimum Gasteiger partial charge on any atom is -0.387 e. The summed E-state index contributed by atoms with van der Waals surface area (Å²) < 4.78 is 5.68. The highest BCUT2D eigenvalue weighted by atomic mass is 16.5. The Kier molecular flexibility index (Phi) is 6.17. The molecule has 114 valence electrons. The molecule has 0 spiro atoms. The van der Waals surface area contributed by atoms with Crippen LogP contribution in [0.4, 0.5) is 0 Å². The Hall–Kier alpha value is -2.12. The van der Waals surface area contributed by atoms with Gasteiger partial charge in [0.1, 0.15) is 0 Å². The van der Waals surface area contributed by atoms with Crippen molar-refractivity contribution in [3.8, 4) is 0 Å². The largest absolute Gasteiger partial charge is 0.387 e. The molecule has 0 bridgehead atoms. The van der Waals surface area contributed by atoms with Crippen molar-refractivity contribution >= 4 is 0 Å². The molecule has 2 heteroatoms. The lowest BCUT2D eigenvalue weighted by atomic mass is 9.91. The Morgan fingerprint density at radius 3 is 2.27 bits per heavy atom. The predicted molar refractivity (Wildman–Crippen MR) is 89.6 cm³/mol. The molecule has 2 aromatic carbocycles. The highest BCUT2D eigenvalue weighted by Gasteiger charge is 2.20. The third-order valence-corrected chi connectivity index (χ3v) is 3.75. The SMILES string of the molecule is C=C=C(COCc1ccccc1)C(O)C(C)c1ccccc1. The van der Waals surface area contributed by atoms with Crippen molar-refractivity contribution in [1.29, 1.82) is 0 Å². The van der Waals surface area contributed by atoms with Gasteiger partial charge in [-0.1, -0.05) is 74.2 Å². The van der Waals surface area contributed by atoms with E-state index in [2.05, 4.69) is 12.3 Å². The van der Waals surface area contributed by atoms with Crippen molar-refractivity contribution in [2.45, 2.75) is 25.6 Å². The van der Waals surface area contributed by atoms with Crippen LogP contribution in [0.1, 0.15) is 24.0 Å². The maximum absolute atomic E-state index is 10.5. The Balaban J connectivity index is 1.92. The Morgan fingerprint density at radius 1 is 1.09 bits per heavy atom. The molecule has 1 N–H and O–H groups in total. The molecule has 0 heterocycles. The molecule has 0 saturated carbocycles. The number of benzene rings is 2. The molecule has 2 nitrogen and oxygen atoms in total. The molecule has 0 fully saturated rings. The number of rotatable bonds is 7. The topological polar surface area (TPSA) is 29.5 Å². The van der Waals surface area contributed by atoms with E-state index < -0.39 is 6.10 Å². The van der Waals surface area contributed by atoms with Gasteiger partial charge < -0.3 is 9.84 Å². The maximum Gasteiger partial charge on any atom is 0.0912 e. The number of hydrogen-bond donors (Lipinski definition) is 1. The van der Waals surface area contributed by atoms with Gasteiger partial charge in [0.05, 0.1) is 19.3 Å². The molecular weight excluding hydrogens is 272 g/mol. The van der Waals surface area contributed by atoms with Crippen LogP contribution in [0.15, 0.2) is 78.5 Å². The van der Waals surface area contributed by atoms with Gasteiger partial charge in [-0.25, -0.2) is 0 Å². The molecule has 0 radical (unpaired) electrons. The second kappa shape index (κ2) is 8.35. The fourth-order valence-corrected chi connectivity index (χ4v) is 2.33. The van der Waals surface area contributed by atoms with E-state index >= 15 is 0 Å². The molecule has 2 rings (SSSR count). The van der Waals surface area contributed by atoms with Crippen LogP contribution >= 0.6 is 0 Å². The third kappa shape index (κ3) is 4.44. The van der Waals surface area contributed by atoms with Gasteiger partial charge in [0.25, 0.3) is 0 Å². The van der Waals surface area contributed by atoms with Crippen LogP contribution in [0.2, 0.25) is 0 Å². The number of aliphatic hydroxyl groups excluding tert-OH is 1. The predicted octanol–water partition coefficient (Wildman–Crippen LogP) is 4.08. The first kappa shape index (κ1) is 16.3. The molecule has 2 aromatic rings. The van der Waals surface area contributed by atoms with Gasteiger partial charge in [-0.15, -0.1) is 5.73 Å². The van der Waals surface area contributed by atoms with Gasteiger partial charge in [0, 0.05) is 11.5 Å². The van der Waals surface area contributed by atoms with Crippen molar-refractivity contribution in [3.63, 3.8) is 0 Å². The van der Waals surface area contributed by atoms with Gasteiger partial charge in [-0.2, -0.15) is 0 Å². The summed E-state index contributed by atoms with van der Waals surface area (Å²) in [4.78, 5) is 0. The van der Waals surface area contributed by atoms with Crippen LogP contribution in [-0.2, 0) is 11.3 Å². The molecule has 0 saturated heterocycles. The first-order valence-corrected chi connectivity index (χ1v) is 7.46. The summed E-state index contributed by atoms with van der Waals surface area (Å²) in [7, 11) is 0. The van der Waals surface area contributed by atoms with Gasteiger partial charge in [0.2, 0.25) is 0 Å². The van der Waals surface area contributed by atoms with E-state index in [1.54, 1.807) is 0 Å². The van der Waals surface area contributed by atoms with E-state index in [0.717, 1.165) is 11.1 Å². The number of aliphatic hydroxyl groups is 1. The zero-order valence-corrected chi connectivity index (χ0v) is 12.9. The van der Waals surface area contributed by atoms with E-state index in [0.29, 0.717) is 18.8 Å². The fourth-order valence-electron chi connectivity index (χ4n) is 2.33. The quantitative estimate of drug-likeness (QED) is 0.780. The molecule has 0 aromatic heterocycles. The summed E-state index contributed by atoms with van der Waals surface area (Å²) in [5, 5.41) is 10.5. The minimum atomic E-state index is -0.643. The second-order valence-electron chi connectivity index (χ2n) is 5.32. The summed E-state index contributed by atoms with van der Waals surface area (Å²) in [5.41, 5.74) is 5.71. The fraction of sp³-hybridized carbons (Fsp3) is 0.250. The van der Waals surface area contributed by atoms with E-state index in [1.165, 1.54) is 0 Å². The van der Waals surface area contributed by atoms with Gasteiger partial charge >= 0.3 is 0 Å². The smallest absolute Gasteiger partial charge is 0.0912 e. The van der Waals surface area contributed by atoms with Crippen LogP contribution in [0.25, 0.3) is 0 Å². The molecule has 0 amide bonds. The molecule has 2 atom stereocenters. The summed E-state index contributed by atoms with van der Waals surface area (Å²) in [5.74, 6) is -0.0224. The summed E-state index contributed by atoms with van der Waals surface area (Å²) in [6, 6.07) is 19.9. The summed E-state index contributed by atoms with van der Waals surface area (Å²) in [6.07, 6.45) is -0.643. The lowest BCUT2D eigenvalue weighted by molar-refractivity contribution is 0.109. The van der Waals surface area contributed by atoms with Crippen molar-refractivity contribution in [2.75, 3.05) is 6.61 Å². The molecule has 0 aliphatic heterocycles. The zero-order chi connectivity index (χ0) is 15.8. The summed E-state index contributed by atoms with van der Waals surface area (Å²) >= 11 is 0. The zero-order valence-electron chi connectivity index (χ0n) is 12.9. The monoisotopic (exact) mass is 294 g/mol. The highest BCUT2D eigenvalue weighted by molar-refractivity contribution is 5.24. The Morgan fingerprint density at radius 2 is 1.68 bits per heavy atom. The molecular formula is C20H22O2. The normalized spacial score (nSPS) is 13.2. The molecule has 0 aliphatic carbocycles. The molecule has 2 unspecified atom stereocenters. The summed E-state index contributed by atoms with van der Waals surface area (Å²) in [6.45, 7) is 6.52. The lowest BCUT2D eigenvalue weighted by Crippen LogP contribution is -2.21. The van der Waals surface area contributed by atoms with E-state index in [9.17, 15) is 5.11 Å². The van der Waals surface area contributed by atoms with Crippen molar-refractivity contribution in [1.82, 2.24) is 0 Å². The second-order valence-corrected chi connectivity index (χ2v) is 5.32. The first-order chi connectivity index (χ1) is 10.7. The van der Waals surface area contributed by atoms with Crippen LogP contribution in [-0.4, -0.2) is 17.8 Å². The van der Waals surface area contributed by atoms with Crippen LogP contribution in [0.3, 0.4) is 0 Å². The third-order valence-electron chi connectivity index (χ3n) is 3.75. The van der Waals surface area contributed by atoms with Crippen molar-refractivity contribution < 1.29 is 9.84 Å². The van der Waals surface area contributed by atoms with E-state index in [-0.39, 0.29) is 5.92 Å². The Labute approximate surface area is 132 Å². The maximum atomic E-state index is 10.5. The number of ether oxygens (including phenoxy) is 1. The molecule has 0 aliphatic rings. The van der Waals surface area contributed by atoms with Crippen LogP contribution in [0, 0.1) is 0 Å². The van der Waals surface area contributed by atoms with Crippen LogP contribution < -0.4 is 0 Å². The molecule has 22 heavy (non-hydrogen) atoms. The highest BCUT2D eigenvalue weighted by Crippen LogP contribution is 2.23. The van der Waals surface area contributed by atoms with E-state index in [1.807, 2.05) is 67.6 Å². The Bertz CT molecular complexity index is 613. The average Bonchev–Trinajstić information content (AvgIpc) is 2.59. The average molecular weight is 294 g/mol. The number of hydrogen-bond acceptors (Lipinski definition) is 2. The van der Waals surface area contributed by atoms with E-state index in [4.69, 9.17) is 4.74 Å². The van der Waals surface area contributed by atoms with Gasteiger partial charge in [-0.05, 0) is 11.1 Å². The lowest BCUT2D eigenvalue weighted by Gasteiger charge is -2.21. The van der Waals surface area contributed by atoms with Gasteiger partial charge in [-0.3, -0.25) is 0 Å². The van der Waals surface area contributed by atoms with Crippen molar-refractivity contribution in [3.05, 3.63) is 89.7 Å². The first-order valence-electron chi connectivity index (χ1n) is 7.46. The van der Waals surface area contributed by atoms with Crippen molar-refractivity contribution in [2.24, 2.45) is 0 Å².